The molecule has 0 saturated heterocycles. The molecule has 2 heterocycles. The van der Waals surface area contributed by atoms with Crippen molar-refractivity contribution in [3.8, 4) is 0 Å². The fourth-order valence-electron chi connectivity index (χ4n) is 1.73. The van der Waals surface area contributed by atoms with Crippen molar-refractivity contribution in [3.63, 3.8) is 0 Å². The average Bonchev–Trinajstić information content (AvgIpc) is 3.02. The van der Waals surface area contributed by atoms with Gasteiger partial charge in [0.2, 0.25) is 0 Å². The molecule has 2 rings (SSSR count). The summed E-state index contributed by atoms with van der Waals surface area (Å²) in [7, 11) is 0. The molecule has 0 aliphatic heterocycles. The van der Waals surface area contributed by atoms with Crippen LogP contribution in [-0.4, -0.2) is 17.5 Å². The van der Waals surface area contributed by atoms with Gasteiger partial charge in [0.05, 0.1) is 24.3 Å². The lowest BCUT2D eigenvalue weighted by atomic mass is 10.4. The number of nitrogens with one attached hydrogen (secondary N) is 2. The van der Waals surface area contributed by atoms with Crippen molar-refractivity contribution in [1.82, 2.24) is 15.6 Å². The normalized spacial score (nSPS) is 11.7. The van der Waals surface area contributed by atoms with Gasteiger partial charge in [0.25, 0.3) is 0 Å². The number of thiazole rings is 1. The zero-order valence-corrected chi connectivity index (χ0v) is 13.7. The highest BCUT2D eigenvalue weighted by Gasteiger charge is 2.03. The molecule has 2 N–H and O–H groups in total. The summed E-state index contributed by atoms with van der Waals surface area (Å²) in [6.45, 7) is 8.57. The summed E-state index contributed by atoms with van der Waals surface area (Å²) in [6, 6.07) is 4.27. The van der Waals surface area contributed by atoms with E-state index in [-0.39, 0.29) is 0 Å². The zero-order chi connectivity index (χ0) is 14.4. The second-order valence-corrected chi connectivity index (χ2v) is 6.73. The van der Waals surface area contributed by atoms with Gasteiger partial charge in [0, 0.05) is 21.2 Å². The Kier molecular flexibility index (Phi) is 5.55. The minimum atomic E-state index is 0.718. The van der Waals surface area contributed by atoms with Crippen LogP contribution in [0.15, 0.2) is 22.6 Å². The fourth-order valence-corrected chi connectivity index (χ4v) is 3.26. The van der Waals surface area contributed by atoms with Gasteiger partial charge in [-0.05, 0) is 32.9 Å². The Morgan fingerprint density at radius 2 is 2.15 bits per heavy atom. The van der Waals surface area contributed by atoms with Crippen molar-refractivity contribution in [3.05, 3.63) is 38.0 Å². The molecule has 0 aliphatic rings. The Morgan fingerprint density at radius 1 is 1.30 bits per heavy atom. The van der Waals surface area contributed by atoms with Gasteiger partial charge in [0.1, 0.15) is 0 Å². The van der Waals surface area contributed by atoms with Gasteiger partial charge in [-0.1, -0.05) is 0 Å². The molecule has 0 unspecified atom stereocenters. The van der Waals surface area contributed by atoms with Crippen LogP contribution in [0.25, 0.3) is 0 Å². The van der Waals surface area contributed by atoms with E-state index in [0.717, 1.165) is 31.3 Å². The maximum Gasteiger partial charge on any atom is 0.191 e. The standard InChI is InChI=1S/C14H20N4S2/c1-4-15-14(16-7-12-6-5-10(2)20-12)17-8-13-11(3)18-9-19-13/h5-6,9H,4,7-8H2,1-3H3,(H2,15,16,17). The van der Waals surface area contributed by atoms with Crippen LogP contribution in [-0.2, 0) is 13.1 Å². The van der Waals surface area contributed by atoms with Crippen LogP contribution in [0.2, 0.25) is 0 Å². The van der Waals surface area contributed by atoms with Crippen LogP contribution < -0.4 is 10.6 Å². The molecule has 6 heteroatoms. The lowest BCUT2D eigenvalue weighted by molar-refractivity contribution is 0.820. The lowest BCUT2D eigenvalue weighted by Crippen LogP contribution is -2.36. The molecular weight excluding hydrogens is 288 g/mol. The summed E-state index contributed by atoms with van der Waals surface area (Å²) in [5, 5.41) is 6.62. The summed E-state index contributed by atoms with van der Waals surface area (Å²) < 4.78 is 0. The molecule has 0 aromatic carbocycles. The van der Waals surface area contributed by atoms with Crippen LogP contribution in [0.5, 0.6) is 0 Å². The number of aliphatic imine (C=N–C) groups is 1. The van der Waals surface area contributed by atoms with Gasteiger partial charge < -0.3 is 10.6 Å². The first kappa shape index (κ1) is 15.0. The molecule has 4 nitrogen and oxygen atoms in total. The molecule has 0 aliphatic carbocycles. The highest BCUT2D eigenvalue weighted by molar-refractivity contribution is 7.11. The van der Waals surface area contributed by atoms with E-state index in [1.807, 2.05) is 12.4 Å². The number of thiophene rings is 1. The minimum absolute atomic E-state index is 0.718. The molecule has 0 atom stereocenters. The van der Waals surface area contributed by atoms with E-state index in [1.165, 1.54) is 14.6 Å². The predicted molar refractivity (Wildman–Crippen MR) is 87.6 cm³/mol. The molecule has 0 spiro atoms. The van der Waals surface area contributed by atoms with Gasteiger partial charge in [-0.2, -0.15) is 0 Å². The number of nitrogens with zero attached hydrogens (tertiary/aromatic N) is 2. The van der Waals surface area contributed by atoms with Gasteiger partial charge in [0.15, 0.2) is 5.96 Å². The second kappa shape index (κ2) is 7.40. The number of hydrogen-bond acceptors (Lipinski definition) is 4. The maximum atomic E-state index is 4.62. The number of guanidine groups is 1. The first-order valence-electron chi connectivity index (χ1n) is 6.65. The summed E-state index contributed by atoms with van der Waals surface area (Å²) in [6.07, 6.45) is 0. The predicted octanol–water partition coefficient (Wildman–Crippen LogP) is 3.08. The summed E-state index contributed by atoms with van der Waals surface area (Å²) in [5.74, 6) is 0.853. The van der Waals surface area contributed by atoms with Crippen LogP contribution in [0, 0.1) is 13.8 Å². The van der Waals surface area contributed by atoms with Crippen LogP contribution in [0.4, 0.5) is 0 Å². The molecule has 108 valence electrons. The Balaban J connectivity index is 1.94. The second-order valence-electron chi connectivity index (χ2n) is 4.42. The van der Waals surface area contributed by atoms with E-state index >= 15 is 0 Å². The van der Waals surface area contributed by atoms with Crippen molar-refractivity contribution in [2.24, 2.45) is 4.99 Å². The van der Waals surface area contributed by atoms with Crippen molar-refractivity contribution in [1.29, 1.82) is 0 Å². The number of rotatable bonds is 5. The Hall–Kier alpha value is -1.40. The first-order valence-corrected chi connectivity index (χ1v) is 8.35. The monoisotopic (exact) mass is 308 g/mol. The zero-order valence-electron chi connectivity index (χ0n) is 12.1. The molecular formula is C14H20N4S2. The molecule has 0 amide bonds. The third-order valence-corrected chi connectivity index (χ3v) is 4.72. The van der Waals surface area contributed by atoms with Gasteiger partial charge >= 0.3 is 0 Å². The van der Waals surface area contributed by atoms with E-state index in [0.29, 0.717) is 0 Å². The smallest absolute Gasteiger partial charge is 0.191 e. The van der Waals surface area contributed by atoms with E-state index in [4.69, 9.17) is 0 Å². The van der Waals surface area contributed by atoms with Crippen molar-refractivity contribution in [2.75, 3.05) is 6.54 Å². The third-order valence-electron chi connectivity index (χ3n) is 2.79. The minimum Gasteiger partial charge on any atom is -0.357 e. The Bertz CT molecular complexity index is 571. The highest BCUT2D eigenvalue weighted by atomic mass is 32.1. The fraction of sp³-hybridized carbons (Fsp3) is 0.429. The number of aromatic nitrogens is 1. The van der Waals surface area contributed by atoms with Gasteiger partial charge in [-0.15, -0.1) is 22.7 Å². The molecule has 0 radical (unpaired) electrons. The third kappa shape index (κ3) is 4.31. The molecule has 20 heavy (non-hydrogen) atoms. The topological polar surface area (TPSA) is 49.3 Å². The van der Waals surface area contributed by atoms with Crippen LogP contribution >= 0.6 is 22.7 Å². The lowest BCUT2D eigenvalue weighted by Gasteiger charge is -2.10. The van der Waals surface area contributed by atoms with Crippen LogP contribution in [0.1, 0.15) is 27.2 Å². The largest absolute Gasteiger partial charge is 0.357 e. The number of hydrogen-bond donors (Lipinski definition) is 2. The van der Waals surface area contributed by atoms with E-state index < -0.39 is 0 Å². The quantitative estimate of drug-likeness (QED) is 0.659. The average molecular weight is 308 g/mol. The van der Waals surface area contributed by atoms with Crippen molar-refractivity contribution in [2.45, 2.75) is 33.9 Å². The van der Waals surface area contributed by atoms with E-state index in [9.17, 15) is 0 Å². The summed E-state index contributed by atoms with van der Waals surface area (Å²) in [4.78, 5) is 12.7. The van der Waals surface area contributed by atoms with Crippen molar-refractivity contribution < 1.29 is 0 Å². The molecule has 0 bridgehead atoms. The van der Waals surface area contributed by atoms with Crippen LogP contribution in [0.3, 0.4) is 0 Å². The highest BCUT2D eigenvalue weighted by Crippen LogP contribution is 2.15. The molecule has 0 saturated carbocycles. The Labute approximate surface area is 128 Å². The summed E-state index contributed by atoms with van der Waals surface area (Å²) >= 11 is 3.47. The Morgan fingerprint density at radius 3 is 2.75 bits per heavy atom. The SMILES string of the molecule is CCNC(=NCc1ccc(C)s1)NCc1scnc1C. The first-order chi connectivity index (χ1) is 9.69. The van der Waals surface area contributed by atoms with Gasteiger partial charge in [-0.25, -0.2) is 9.98 Å². The number of aryl methyl sites for hydroxylation is 2. The van der Waals surface area contributed by atoms with Gasteiger partial charge in [-0.3, -0.25) is 0 Å². The van der Waals surface area contributed by atoms with E-state index in [2.05, 4.69) is 46.6 Å². The molecule has 2 aromatic rings. The maximum absolute atomic E-state index is 4.62. The molecule has 2 aromatic heterocycles. The molecule has 0 fully saturated rings. The summed E-state index contributed by atoms with van der Waals surface area (Å²) in [5.41, 5.74) is 2.97. The van der Waals surface area contributed by atoms with E-state index in [1.54, 1.807) is 22.7 Å². The van der Waals surface area contributed by atoms with Crippen molar-refractivity contribution >= 4 is 28.6 Å².